The number of rotatable bonds is 1. The third-order valence-corrected chi connectivity index (χ3v) is 1.38. The van der Waals surface area contributed by atoms with Crippen LogP contribution in [-0.4, -0.2) is 12.4 Å². The Bertz CT molecular complexity index is 251. The van der Waals surface area contributed by atoms with Crippen molar-refractivity contribution in [2.24, 2.45) is 4.99 Å². The van der Waals surface area contributed by atoms with E-state index in [1.807, 2.05) is 30.3 Å². The van der Waals surface area contributed by atoms with E-state index in [9.17, 15) is 0 Å². The SMILES string of the molecule is c1ccc(NC2=NC2)cc1. The lowest BCUT2D eigenvalue weighted by atomic mass is 10.3. The van der Waals surface area contributed by atoms with Crippen molar-refractivity contribution in [2.45, 2.75) is 0 Å². The summed E-state index contributed by atoms with van der Waals surface area (Å²) in [5.41, 5.74) is 1.12. The molecular weight excluding hydrogens is 124 g/mol. The molecule has 10 heavy (non-hydrogen) atoms. The highest BCUT2D eigenvalue weighted by Gasteiger charge is 2.07. The second-order valence-corrected chi connectivity index (χ2v) is 2.25. The molecule has 1 aromatic carbocycles. The summed E-state index contributed by atoms with van der Waals surface area (Å²) >= 11 is 0. The van der Waals surface area contributed by atoms with Gasteiger partial charge in [0.15, 0.2) is 0 Å². The first-order valence-corrected chi connectivity index (χ1v) is 3.30. The Hall–Kier alpha value is -1.31. The van der Waals surface area contributed by atoms with Crippen molar-refractivity contribution in [1.82, 2.24) is 0 Å². The van der Waals surface area contributed by atoms with E-state index in [0.717, 1.165) is 18.1 Å². The van der Waals surface area contributed by atoms with Crippen LogP contribution in [0.25, 0.3) is 0 Å². The molecule has 50 valence electrons. The predicted molar refractivity (Wildman–Crippen MR) is 42.4 cm³/mol. The zero-order chi connectivity index (χ0) is 6.81. The molecule has 0 bridgehead atoms. The zero-order valence-corrected chi connectivity index (χ0v) is 5.54. The van der Waals surface area contributed by atoms with Crippen LogP contribution in [0.1, 0.15) is 0 Å². The quantitative estimate of drug-likeness (QED) is 0.615. The van der Waals surface area contributed by atoms with Gasteiger partial charge in [-0.2, -0.15) is 0 Å². The number of nitrogens with zero attached hydrogens (tertiary/aromatic N) is 1. The molecule has 0 saturated carbocycles. The van der Waals surface area contributed by atoms with Gasteiger partial charge in [0.05, 0.1) is 6.54 Å². The van der Waals surface area contributed by atoms with Crippen molar-refractivity contribution < 1.29 is 0 Å². The Balaban J connectivity index is 2.11. The summed E-state index contributed by atoms with van der Waals surface area (Å²) in [6, 6.07) is 10.1. The van der Waals surface area contributed by atoms with Gasteiger partial charge in [0, 0.05) is 5.69 Å². The average molecular weight is 132 g/mol. The van der Waals surface area contributed by atoms with Gasteiger partial charge >= 0.3 is 0 Å². The van der Waals surface area contributed by atoms with Crippen LogP contribution in [-0.2, 0) is 0 Å². The summed E-state index contributed by atoms with van der Waals surface area (Å²) in [6.45, 7) is 0.884. The van der Waals surface area contributed by atoms with Gasteiger partial charge in [-0.1, -0.05) is 18.2 Å². The van der Waals surface area contributed by atoms with Gasteiger partial charge in [-0.15, -0.1) is 0 Å². The average Bonchev–Trinajstić information content (AvgIpc) is 2.74. The van der Waals surface area contributed by atoms with Gasteiger partial charge < -0.3 is 5.32 Å². The summed E-state index contributed by atoms with van der Waals surface area (Å²) in [6.07, 6.45) is 0. The van der Waals surface area contributed by atoms with E-state index in [4.69, 9.17) is 0 Å². The molecule has 1 N–H and O–H groups in total. The Morgan fingerprint density at radius 2 is 1.90 bits per heavy atom. The van der Waals surface area contributed by atoms with Crippen molar-refractivity contribution >= 4 is 11.5 Å². The van der Waals surface area contributed by atoms with Crippen molar-refractivity contribution in [3.63, 3.8) is 0 Å². The summed E-state index contributed by atoms with van der Waals surface area (Å²) in [5.74, 6) is 1.09. The van der Waals surface area contributed by atoms with Gasteiger partial charge in [-0.25, -0.2) is 0 Å². The molecule has 0 spiro atoms. The minimum absolute atomic E-state index is 0.884. The minimum atomic E-state index is 0.884. The fraction of sp³-hybridized carbons (Fsp3) is 0.125. The summed E-state index contributed by atoms with van der Waals surface area (Å²) in [4.78, 5) is 4.00. The molecule has 2 nitrogen and oxygen atoms in total. The highest BCUT2D eigenvalue weighted by Crippen LogP contribution is 2.08. The molecule has 0 fully saturated rings. The van der Waals surface area contributed by atoms with E-state index in [1.54, 1.807) is 0 Å². The predicted octanol–water partition coefficient (Wildman–Crippen LogP) is 1.51. The van der Waals surface area contributed by atoms with E-state index in [0.29, 0.717) is 0 Å². The molecule has 0 atom stereocenters. The van der Waals surface area contributed by atoms with Crippen molar-refractivity contribution in [3.8, 4) is 0 Å². The lowest BCUT2D eigenvalue weighted by Crippen LogP contribution is -1.99. The topological polar surface area (TPSA) is 24.4 Å². The molecule has 0 radical (unpaired) electrons. The number of para-hydroxylation sites is 1. The number of amidine groups is 1. The minimum Gasteiger partial charge on any atom is -0.342 e. The molecular formula is C8H8N2. The molecule has 1 aliphatic heterocycles. The third-order valence-electron chi connectivity index (χ3n) is 1.38. The van der Waals surface area contributed by atoms with Crippen molar-refractivity contribution in [3.05, 3.63) is 30.3 Å². The highest BCUT2D eigenvalue weighted by atomic mass is 15.1. The van der Waals surface area contributed by atoms with Gasteiger partial charge in [-0.3, -0.25) is 4.99 Å². The maximum atomic E-state index is 4.00. The second kappa shape index (κ2) is 2.14. The fourth-order valence-corrected chi connectivity index (χ4v) is 0.807. The molecule has 1 aliphatic rings. The van der Waals surface area contributed by atoms with E-state index in [2.05, 4.69) is 10.3 Å². The van der Waals surface area contributed by atoms with Gasteiger partial charge in [0.1, 0.15) is 5.84 Å². The van der Waals surface area contributed by atoms with E-state index in [1.165, 1.54) is 0 Å². The third kappa shape index (κ3) is 1.16. The molecule has 0 aromatic heterocycles. The Morgan fingerprint density at radius 1 is 1.20 bits per heavy atom. The van der Waals surface area contributed by atoms with E-state index >= 15 is 0 Å². The number of hydrogen-bond donors (Lipinski definition) is 1. The lowest BCUT2D eigenvalue weighted by Gasteiger charge is -1.96. The smallest absolute Gasteiger partial charge is 0.123 e. The highest BCUT2D eigenvalue weighted by molar-refractivity contribution is 6.05. The number of anilines is 1. The van der Waals surface area contributed by atoms with Crippen LogP contribution in [0, 0.1) is 0 Å². The molecule has 0 saturated heterocycles. The van der Waals surface area contributed by atoms with Crippen LogP contribution in [0.15, 0.2) is 35.3 Å². The zero-order valence-electron chi connectivity index (χ0n) is 5.54. The fourth-order valence-electron chi connectivity index (χ4n) is 0.807. The molecule has 0 amide bonds. The van der Waals surface area contributed by atoms with Crippen LogP contribution in [0.5, 0.6) is 0 Å². The molecule has 1 aromatic rings. The lowest BCUT2D eigenvalue weighted by molar-refractivity contribution is 1.57. The largest absolute Gasteiger partial charge is 0.342 e. The first-order chi connectivity index (χ1) is 4.95. The number of aliphatic imine (C=N–C) groups is 1. The van der Waals surface area contributed by atoms with E-state index < -0.39 is 0 Å². The van der Waals surface area contributed by atoms with Crippen LogP contribution in [0.4, 0.5) is 5.69 Å². The number of hydrogen-bond acceptors (Lipinski definition) is 2. The summed E-state index contributed by atoms with van der Waals surface area (Å²) in [7, 11) is 0. The molecule has 0 unspecified atom stereocenters. The van der Waals surface area contributed by atoms with E-state index in [-0.39, 0.29) is 0 Å². The summed E-state index contributed by atoms with van der Waals surface area (Å²) < 4.78 is 0. The second-order valence-electron chi connectivity index (χ2n) is 2.25. The Kier molecular flexibility index (Phi) is 1.17. The molecule has 0 aliphatic carbocycles. The van der Waals surface area contributed by atoms with Crippen LogP contribution < -0.4 is 5.32 Å². The molecule has 2 heteroatoms. The Labute approximate surface area is 59.6 Å². The first kappa shape index (κ1) is 5.47. The van der Waals surface area contributed by atoms with Crippen molar-refractivity contribution in [2.75, 3.05) is 11.9 Å². The van der Waals surface area contributed by atoms with Crippen LogP contribution in [0.3, 0.4) is 0 Å². The van der Waals surface area contributed by atoms with Crippen LogP contribution in [0.2, 0.25) is 0 Å². The Morgan fingerprint density at radius 3 is 2.50 bits per heavy atom. The monoisotopic (exact) mass is 132 g/mol. The van der Waals surface area contributed by atoms with Gasteiger partial charge in [-0.05, 0) is 12.1 Å². The number of benzene rings is 1. The standard InChI is InChI=1S/C8H8N2/c1-2-4-7(5-3-1)10-8-6-9-8/h1-5H,6H2,(H,9,10). The van der Waals surface area contributed by atoms with Crippen LogP contribution >= 0.6 is 0 Å². The number of nitrogens with one attached hydrogen (secondary N) is 1. The normalized spacial score (nSPS) is 14.2. The van der Waals surface area contributed by atoms with Crippen molar-refractivity contribution in [1.29, 1.82) is 0 Å². The molecule has 2 rings (SSSR count). The summed E-state index contributed by atoms with van der Waals surface area (Å²) in [5, 5.41) is 3.17. The van der Waals surface area contributed by atoms with Gasteiger partial charge in [0.25, 0.3) is 0 Å². The van der Waals surface area contributed by atoms with Gasteiger partial charge in [0.2, 0.25) is 0 Å². The first-order valence-electron chi connectivity index (χ1n) is 3.30. The molecule has 1 heterocycles. The maximum Gasteiger partial charge on any atom is 0.123 e. The maximum absolute atomic E-state index is 4.00.